The summed E-state index contributed by atoms with van der Waals surface area (Å²) in [4.78, 5) is 0. The predicted molar refractivity (Wildman–Crippen MR) is 340 cm³/mol. The van der Waals surface area contributed by atoms with Gasteiger partial charge in [0.1, 0.15) is 0 Å². The fourth-order valence-electron chi connectivity index (χ4n) is 12.5. The van der Waals surface area contributed by atoms with Gasteiger partial charge < -0.3 is 9.13 Å². The van der Waals surface area contributed by atoms with Gasteiger partial charge in [-0.2, -0.15) is 73.7 Å². The molecule has 13 rings (SSSR count). The molecule has 0 aliphatic carbocycles. The van der Waals surface area contributed by atoms with Crippen LogP contribution in [0.3, 0.4) is 0 Å². The largest absolute Gasteiger partial charge is 0.417 e. The van der Waals surface area contributed by atoms with Crippen LogP contribution in [0.5, 0.6) is 0 Å². The van der Waals surface area contributed by atoms with Gasteiger partial charge in [-0.15, -0.1) is 0 Å². The third-order valence-electron chi connectivity index (χ3n) is 16.7. The monoisotopic (exact) mass is 1230 g/mol. The van der Waals surface area contributed by atoms with Crippen LogP contribution in [0.1, 0.15) is 61.2 Å². The highest BCUT2D eigenvalue weighted by Crippen LogP contribution is 2.49. The van der Waals surface area contributed by atoms with E-state index in [0.29, 0.717) is 106 Å². The molecular weight excluding hydrogens is 1190 g/mol. The first-order chi connectivity index (χ1) is 45.4. The van der Waals surface area contributed by atoms with Crippen molar-refractivity contribution in [3.05, 3.63) is 261 Å². The number of nitrogens with zero attached hydrogens (tertiary/aromatic N) is 11. The molecule has 94 heavy (non-hydrogen) atoms. The topological polar surface area (TPSA) is 224 Å². The second-order valence-corrected chi connectivity index (χ2v) is 21.8. The molecule has 11 nitrogen and oxygen atoms in total. The molecule has 0 N–H and O–H groups in total. The number of benzene rings is 11. The summed E-state index contributed by atoms with van der Waals surface area (Å²) in [5.74, 6) is 0. The van der Waals surface area contributed by atoms with Crippen LogP contribution in [0, 0.1) is 102 Å². The molecule has 0 atom stereocenters. The minimum Gasteiger partial charge on any atom is -0.309 e. The molecule has 17 heteroatoms. The first kappa shape index (κ1) is 59.0. The van der Waals surface area contributed by atoms with Crippen LogP contribution in [0.25, 0.3) is 122 Å². The Labute approximate surface area is 530 Å². The number of hydrogen-bond acceptors (Lipinski definition) is 9. The molecule has 2 aromatic heterocycles. The van der Waals surface area contributed by atoms with Crippen molar-refractivity contribution in [1.82, 2.24) is 9.13 Å². The Morgan fingerprint density at radius 1 is 0.255 bits per heavy atom. The lowest BCUT2D eigenvalue weighted by molar-refractivity contribution is -0.142. The highest BCUT2D eigenvalue weighted by atomic mass is 19.4. The van der Waals surface area contributed by atoms with E-state index in [1.807, 2.05) is 28.8 Å². The number of nitriles is 9. The van der Waals surface area contributed by atoms with Gasteiger partial charge in [-0.3, -0.25) is 0 Å². The van der Waals surface area contributed by atoms with Crippen molar-refractivity contribution in [2.75, 3.05) is 0 Å². The first-order valence-electron chi connectivity index (χ1n) is 28.4. The van der Waals surface area contributed by atoms with Crippen molar-refractivity contribution in [1.29, 1.82) is 47.4 Å². The second-order valence-electron chi connectivity index (χ2n) is 21.8. The van der Waals surface area contributed by atoms with Crippen LogP contribution >= 0.6 is 0 Å². The highest BCUT2D eigenvalue weighted by Gasteiger charge is 2.41. The Kier molecular flexibility index (Phi) is 14.4. The van der Waals surface area contributed by atoms with Gasteiger partial charge in [0.25, 0.3) is 0 Å². The smallest absolute Gasteiger partial charge is 0.309 e. The summed E-state index contributed by atoms with van der Waals surface area (Å²) in [5, 5.41) is 93.5. The Bertz CT molecular complexity index is 5620. The SMILES string of the molecule is N#Cc1ccc(-c2ccc3c(c2)c2cc(-c4ccc(C#N)cc4C#N)ccc2n3-c2ccc(-c3c(C(F)(F)F)cccc3C(F)(F)F)cc2-c2ccc(C#N)cc2-n2c3ccc(-c4ccc(C#N)cc4C#N)cc3c3cc(-c4ccc(C#N)cc4C#N)ccc32)c(C#N)c1. The van der Waals surface area contributed by atoms with Crippen molar-refractivity contribution in [3.8, 4) is 133 Å². The van der Waals surface area contributed by atoms with Gasteiger partial charge >= 0.3 is 12.4 Å². The Morgan fingerprint density at radius 3 is 0.862 bits per heavy atom. The average Bonchev–Trinajstić information content (AvgIpc) is 1.53. The van der Waals surface area contributed by atoms with Gasteiger partial charge in [-0.1, -0.05) is 66.7 Å². The van der Waals surface area contributed by atoms with E-state index in [4.69, 9.17) is 0 Å². The van der Waals surface area contributed by atoms with Crippen LogP contribution in [-0.2, 0) is 12.4 Å². The van der Waals surface area contributed by atoms with Crippen molar-refractivity contribution >= 4 is 43.6 Å². The lowest BCUT2D eigenvalue weighted by Crippen LogP contribution is -2.14. The minimum atomic E-state index is -5.30. The summed E-state index contributed by atoms with van der Waals surface area (Å²) in [6.45, 7) is 0. The number of halogens is 6. The summed E-state index contributed by atoms with van der Waals surface area (Å²) in [6.07, 6.45) is -10.6. The molecule has 2 heterocycles. The van der Waals surface area contributed by atoms with Crippen molar-refractivity contribution < 1.29 is 26.3 Å². The molecule has 0 saturated carbocycles. The summed E-state index contributed by atoms with van der Waals surface area (Å²) in [7, 11) is 0. The Hall–Kier alpha value is -14.0. The lowest BCUT2D eigenvalue weighted by Gasteiger charge is -2.22. The molecule has 11 aromatic carbocycles. The fourth-order valence-corrected chi connectivity index (χ4v) is 12.5. The zero-order valence-corrected chi connectivity index (χ0v) is 48.2. The lowest BCUT2D eigenvalue weighted by atomic mass is 9.90. The molecule has 0 aliphatic heterocycles. The van der Waals surface area contributed by atoms with Gasteiger partial charge in [-0.25, -0.2) is 0 Å². The maximum absolute atomic E-state index is 15.4. The Morgan fingerprint density at radius 2 is 0.553 bits per heavy atom. The molecule has 0 bridgehead atoms. The molecule has 13 aromatic rings. The van der Waals surface area contributed by atoms with Gasteiger partial charge in [0, 0.05) is 38.2 Å². The van der Waals surface area contributed by atoms with Gasteiger partial charge in [0.15, 0.2) is 0 Å². The first-order valence-corrected chi connectivity index (χ1v) is 28.4. The number of fused-ring (bicyclic) bond motifs is 6. The van der Waals surface area contributed by atoms with E-state index in [-0.39, 0.29) is 72.6 Å². The van der Waals surface area contributed by atoms with E-state index >= 15 is 26.3 Å². The maximum Gasteiger partial charge on any atom is 0.417 e. The summed E-state index contributed by atoms with van der Waals surface area (Å²) >= 11 is 0. The van der Waals surface area contributed by atoms with Crippen LogP contribution in [0.15, 0.2) is 200 Å². The molecule has 0 fully saturated rings. The molecule has 0 aliphatic rings. The van der Waals surface area contributed by atoms with Crippen LogP contribution in [-0.4, -0.2) is 9.13 Å². The summed E-state index contributed by atoms with van der Waals surface area (Å²) in [6, 6.07) is 69.4. The highest BCUT2D eigenvalue weighted by molar-refractivity contribution is 6.14. The zero-order chi connectivity index (χ0) is 65.9. The third-order valence-corrected chi connectivity index (χ3v) is 16.7. The second kappa shape index (κ2) is 22.9. The maximum atomic E-state index is 15.4. The van der Waals surface area contributed by atoms with E-state index in [2.05, 4.69) is 54.6 Å². The zero-order valence-electron chi connectivity index (χ0n) is 48.2. The normalized spacial score (nSPS) is 11.2. The number of alkyl halides is 6. The average molecular weight is 1230 g/mol. The minimum absolute atomic E-state index is 0.0718. The number of rotatable bonds is 8. The number of hydrogen-bond donors (Lipinski definition) is 0. The van der Waals surface area contributed by atoms with Gasteiger partial charge in [-0.05, 0) is 184 Å². The van der Waals surface area contributed by atoms with Crippen molar-refractivity contribution in [3.63, 3.8) is 0 Å². The summed E-state index contributed by atoms with van der Waals surface area (Å²) in [5.41, 5.74) is 3.66. The van der Waals surface area contributed by atoms with Crippen LogP contribution in [0.2, 0.25) is 0 Å². The van der Waals surface area contributed by atoms with Crippen LogP contribution < -0.4 is 0 Å². The fraction of sp³-hybridized carbons (Fsp3) is 0.0260. The molecular formula is C77H33F6N11. The standard InChI is InChI=1S/C77H33F6N11/c78-76(79,80)67-2-1-3-68(77(81,82)83)75(67)52-13-23-69(93-70-19-9-48(57-14-4-43(34-84)24-53(57)39-89)29-63(70)64-30-49(10-20-71(64)93)58-15-5-44(35-85)25-54(58)40-90)62(33-52)61-18-8-47(38-88)28-74(61)94-72-21-11-50(59-16-6-45(36-86)26-55(59)41-91)31-65(72)66-32-51(12-22-73(66)94)60-17-7-46(37-87)27-56(60)42-92/h1-33H. The van der Waals surface area contributed by atoms with E-state index in [9.17, 15) is 47.4 Å². The molecule has 438 valence electrons. The van der Waals surface area contributed by atoms with E-state index in [1.54, 1.807) is 114 Å². The quantitative estimate of drug-likeness (QED) is 0.132. The number of aromatic nitrogens is 2. The predicted octanol–water partition coefficient (Wildman–Crippen LogP) is 18.8. The molecule has 0 radical (unpaired) electrons. The van der Waals surface area contributed by atoms with E-state index < -0.39 is 34.6 Å². The van der Waals surface area contributed by atoms with E-state index in [0.717, 1.165) is 0 Å². The Balaban J connectivity index is 1.16. The van der Waals surface area contributed by atoms with Crippen molar-refractivity contribution in [2.24, 2.45) is 0 Å². The molecule has 0 saturated heterocycles. The van der Waals surface area contributed by atoms with Gasteiger partial charge in [0.2, 0.25) is 0 Å². The summed E-state index contributed by atoms with van der Waals surface area (Å²) < 4.78 is 95.9. The third kappa shape index (κ3) is 9.92. The van der Waals surface area contributed by atoms with E-state index in [1.165, 1.54) is 48.5 Å². The van der Waals surface area contributed by atoms with Crippen LogP contribution in [0.4, 0.5) is 26.3 Å². The van der Waals surface area contributed by atoms with Gasteiger partial charge in [0.05, 0.1) is 149 Å². The van der Waals surface area contributed by atoms with Crippen molar-refractivity contribution in [2.45, 2.75) is 12.4 Å². The molecule has 0 amide bonds. The molecule has 0 spiro atoms. The molecule has 0 unspecified atom stereocenters.